The van der Waals surface area contributed by atoms with Crippen molar-refractivity contribution in [2.75, 3.05) is 20.2 Å². The Morgan fingerprint density at radius 1 is 1.62 bits per heavy atom. The van der Waals surface area contributed by atoms with E-state index in [9.17, 15) is 0 Å². The quantitative estimate of drug-likeness (QED) is 0.243. The lowest BCUT2D eigenvalue weighted by Gasteiger charge is -2.10. The lowest BCUT2D eigenvalue weighted by Crippen LogP contribution is -2.42. The highest BCUT2D eigenvalue weighted by Crippen LogP contribution is 1.87. The van der Waals surface area contributed by atoms with Crippen LogP contribution in [0.4, 0.5) is 0 Å². The Bertz CT molecular complexity index is 149. The molecule has 1 atom stereocenters. The molecule has 0 aromatic heterocycles. The standard InChI is InChI=1S/C8H20N4O/c1-4-5-10-8(12-9)11-6-7(2)13-3/h7H,4-6,9H2,1-3H3,(H2,10,11,12). The van der Waals surface area contributed by atoms with E-state index in [1.807, 2.05) is 6.92 Å². The van der Waals surface area contributed by atoms with Crippen LogP contribution in [-0.2, 0) is 4.74 Å². The number of rotatable bonds is 5. The number of methoxy groups -OCH3 is 1. The van der Waals surface area contributed by atoms with Gasteiger partial charge in [-0.15, -0.1) is 0 Å². The van der Waals surface area contributed by atoms with E-state index < -0.39 is 0 Å². The smallest absolute Gasteiger partial charge is 0.205 e. The number of aliphatic imine (C=N–C) groups is 1. The third-order valence-electron chi connectivity index (χ3n) is 1.59. The van der Waals surface area contributed by atoms with Gasteiger partial charge in [0, 0.05) is 13.7 Å². The summed E-state index contributed by atoms with van der Waals surface area (Å²) in [4.78, 5) is 4.19. The molecule has 0 aliphatic rings. The van der Waals surface area contributed by atoms with Gasteiger partial charge in [-0.2, -0.15) is 0 Å². The Hall–Kier alpha value is -0.810. The summed E-state index contributed by atoms with van der Waals surface area (Å²) in [6.45, 7) is 5.51. The Labute approximate surface area is 79.7 Å². The first-order chi connectivity index (χ1) is 6.24. The number of guanidine groups is 1. The molecule has 0 aliphatic carbocycles. The fourth-order valence-electron chi connectivity index (χ4n) is 0.690. The lowest BCUT2D eigenvalue weighted by molar-refractivity contribution is 0.125. The molecular formula is C8H20N4O. The zero-order chi connectivity index (χ0) is 10.1. The molecule has 0 saturated heterocycles. The number of hydrazine groups is 1. The normalized spacial score (nSPS) is 14.0. The molecule has 0 fully saturated rings. The van der Waals surface area contributed by atoms with Gasteiger partial charge in [0.05, 0.1) is 12.6 Å². The van der Waals surface area contributed by atoms with Crippen LogP contribution >= 0.6 is 0 Å². The fraction of sp³-hybridized carbons (Fsp3) is 0.875. The second-order valence-electron chi connectivity index (χ2n) is 2.81. The molecule has 78 valence electrons. The van der Waals surface area contributed by atoms with Crippen molar-refractivity contribution in [3.8, 4) is 0 Å². The van der Waals surface area contributed by atoms with Crippen LogP contribution < -0.4 is 16.6 Å². The molecule has 4 N–H and O–H groups in total. The van der Waals surface area contributed by atoms with Crippen LogP contribution in [0, 0.1) is 0 Å². The van der Waals surface area contributed by atoms with Crippen LogP contribution in [0.25, 0.3) is 0 Å². The van der Waals surface area contributed by atoms with Crippen molar-refractivity contribution in [3.63, 3.8) is 0 Å². The summed E-state index contributed by atoms with van der Waals surface area (Å²) in [5, 5.41) is 3.06. The molecule has 0 saturated carbocycles. The van der Waals surface area contributed by atoms with Gasteiger partial charge in [-0.1, -0.05) is 6.92 Å². The number of nitrogens with zero attached hydrogens (tertiary/aromatic N) is 1. The molecule has 0 amide bonds. The van der Waals surface area contributed by atoms with Gasteiger partial charge in [0.25, 0.3) is 0 Å². The van der Waals surface area contributed by atoms with E-state index in [1.165, 1.54) is 0 Å². The van der Waals surface area contributed by atoms with E-state index >= 15 is 0 Å². The number of nitrogens with one attached hydrogen (secondary N) is 2. The Balaban J connectivity index is 3.77. The van der Waals surface area contributed by atoms with Gasteiger partial charge in [0.2, 0.25) is 5.96 Å². The predicted molar refractivity (Wildman–Crippen MR) is 54.4 cm³/mol. The number of nitrogens with two attached hydrogens (primary N) is 1. The van der Waals surface area contributed by atoms with Crippen LogP contribution in [0.3, 0.4) is 0 Å². The summed E-state index contributed by atoms with van der Waals surface area (Å²) >= 11 is 0. The Morgan fingerprint density at radius 3 is 2.77 bits per heavy atom. The van der Waals surface area contributed by atoms with Crippen LogP contribution in [-0.4, -0.2) is 32.3 Å². The van der Waals surface area contributed by atoms with Gasteiger partial charge in [-0.3, -0.25) is 5.43 Å². The maximum absolute atomic E-state index is 5.26. The molecule has 0 rings (SSSR count). The van der Waals surface area contributed by atoms with Crippen LogP contribution in [0.1, 0.15) is 20.3 Å². The zero-order valence-electron chi connectivity index (χ0n) is 8.63. The molecule has 0 heterocycles. The summed E-state index contributed by atoms with van der Waals surface area (Å²) in [5.74, 6) is 5.87. The zero-order valence-corrected chi connectivity index (χ0v) is 8.63. The van der Waals surface area contributed by atoms with Crippen molar-refractivity contribution in [2.45, 2.75) is 26.4 Å². The highest BCUT2D eigenvalue weighted by Gasteiger charge is 1.98. The van der Waals surface area contributed by atoms with Gasteiger partial charge in [0.15, 0.2) is 0 Å². The second-order valence-corrected chi connectivity index (χ2v) is 2.81. The van der Waals surface area contributed by atoms with Crippen molar-refractivity contribution in [1.82, 2.24) is 10.7 Å². The second kappa shape index (κ2) is 7.82. The lowest BCUT2D eigenvalue weighted by atomic mass is 10.4. The van der Waals surface area contributed by atoms with E-state index in [4.69, 9.17) is 10.6 Å². The minimum absolute atomic E-state index is 0.117. The number of ether oxygens (including phenoxy) is 1. The van der Waals surface area contributed by atoms with Crippen molar-refractivity contribution < 1.29 is 4.74 Å². The fourth-order valence-corrected chi connectivity index (χ4v) is 0.690. The number of hydrogen-bond acceptors (Lipinski definition) is 3. The summed E-state index contributed by atoms with van der Waals surface area (Å²) in [6, 6.07) is 0. The molecule has 0 aliphatic heterocycles. The maximum Gasteiger partial charge on any atom is 0.205 e. The topological polar surface area (TPSA) is 71.7 Å². The molecule has 0 spiro atoms. The predicted octanol–water partition coefficient (Wildman–Crippen LogP) is -0.160. The average Bonchev–Trinajstić information content (AvgIpc) is 2.17. The molecule has 5 heteroatoms. The van der Waals surface area contributed by atoms with Gasteiger partial charge in [0.1, 0.15) is 0 Å². The van der Waals surface area contributed by atoms with Crippen LogP contribution in [0.5, 0.6) is 0 Å². The first-order valence-electron chi connectivity index (χ1n) is 4.52. The molecule has 0 aromatic rings. The average molecular weight is 188 g/mol. The van der Waals surface area contributed by atoms with Crippen LogP contribution in [0.15, 0.2) is 4.99 Å². The molecule has 0 bridgehead atoms. The first-order valence-corrected chi connectivity index (χ1v) is 4.52. The minimum atomic E-state index is 0.117. The molecule has 0 radical (unpaired) electrons. The molecule has 5 nitrogen and oxygen atoms in total. The molecular weight excluding hydrogens is 168 g/mol. The molecule has 13 heavy (non-hydrogen) atoms. The summed E-state index contributed by atoms with van der Waals surface area (Å²) in [6.07, 6.45) is 1.16. The van der Waals surface area contributed by atoms with E-state index in [0.717, 1.165) is 13.0 Å². The number of hydrogen-bond donors (Lipinski definition) is 3. The van der Waals surface area contributed by atoms with E-state index in [0.29, 0.717) is 12.5 Å². The Morgan fingerprint density at radius 2 is 2.31 bits per heavy atom. The van der Waals surface area contributed by atoms with Gasteiger partial charge < -0.3 is 10.1 Å². The van der Waals surface area contributed by atoms with Crippen molar-refractivity contribution in [2.24, 2.45) is 10.8 Å². The van der Waals surface area contributed by atoms with E-state index in [-0.39, 0.29) is 6.10 Å². The van der Waals surface area contributed by atoms with Crippen molar-refractivity contribution in [3.05, 3.63) is 0 Å². The summed E-state index contributed by atoms with van der Waals surface area (Å²) < 4.78 is 5.05. The molecule has 1 unspecified atom stereocenters. The van der Waals surface area contributed by atoms with E-state index in [1.54, 1.807) is 7.11 Å². The maximum atomic E-state index is 5.26. The van der Waals surface area contributed by atoms with Gasteiger partial charge in [-0.25, -0.2) is 10.8 Å². The highest BCUT2D eigenvalue weighted by atomic mass is 16.5. The molecule has 0 aromatic carbocycles. The van der Waals surface area contributed by atoms with Crippen LogP contribution in [0.2, 0.25) is 0 Å². The van der Waals surface area contributed by atoms with Crippen molar-refractivity contribution in [1.29, 1.82) is 0 Å². The summed E-state index contributed by atoms with van der Waals surface area (Å²) in [7, 11) is 1.66. The SMILES string of the molecule is CCCNC(=NCC(C)OC)NN. The highest BCUT2D eigenvalue weighted by molar-refractivity contribution is 5.79. The minimum Gasteiger partial charge on any atom is -0.380 e. The largest absolute Gasteiger partial charge is 0.380 e. The van der Waals surface area contributed by atoms with Crippen molar-refractivity contribution >= 4 is 5.96 Å². The third kappa shape index (κ3) is 6.36. The summed E-state index contributed by atoms with van der Waals surface area (Å²) in [5.41, 5.74) is 2.50. The Kier molecular flexibility index (Phi) is 7.33. The third-order valence-corrected chi connectivity index (χ3v) is 1.59. The van der Waals surface area contributed by atoms with Gasteiger partial charge in [-0.05, 0) is 13.3 Å². The van der Waals surface area contributed by atoms with Gasteiger partial charge >= 0.3 is 0 Å². The monoisotopic (exact) mass is 188 g/mol. The first kappa shape index (κ1) is 12.2. The van der Waals surface area contributed by atoms with E-state index in [2.05, 4.69) is 22.7 Å².